The fourth-order valence-electron chi connectivity index (χ4n) is 3.49. The van der Waals surface area contributed by atoms with E-state index >= 15 is 0 Å². The molecule has 2 aliphatic carbocycles. The molecule has 1 aromatic rings. The van der Waals surface area contributed by atoms with Crippen LogP contribution in [-0.2, 0) is 0 Å². The molecule has 0 aromatic heterocycles. The third-order valence-electron chi connectivity index (χ3n) is 4.78. The number of hydrogen-bond acceptors (Lipinski definition) is 2. The molecule has 0 bridgehead atoms. The van der Waals surface area contributed by atoms with E-state index in [1.807, 2.05) is 6.08 Å². The summed E-state index contributed by atoms with van der Waals surface area (Å²) < 4.78 is 13.1. The third-order valence-corrected chi connectivity index (χ3v) is 4.78. The Hall–Kier alpha value is -1.87. The number of anilines is 1. The second-order valence-electron chi connectivity index (χ2n) is 6.22. The van der Waals surface area contributed by atoms with Crippen LogP contribution in [0.3, 0.4) is 0 Å². The highest BCUT2D eigenvalue weighted by Crippen LogP contribution is 2.50. The molecule has 1 aromatic carbocycles. The number of benzene rings is 1. The molecule has 0 heterocycles. The maximum Gasteiger partial charge on any atom is 0.123 e. The molecule has 21 heavy (non-hydrogen) atoms. The minimum Gasteiger partial charge on any atom is -0.279 e. The lowest BCUT2D eigenvalue weighted by atomic mass is 9.74. The standard InChI is InChI=1S/C18H21FN2/c1-3-13-12-18(2)10-4-5-14(18)11-17(13)21(20)16-8-6-15(19)7-9-16/h3,6-9,11H,1,4-5,10,12,20H2,2H3/t18-/m0/s1. The maximum absolute atomic E-state index is 13.1. The molecule has 2 N–H and O–H groups in total. The molecule has 3 heteroatoms. The van der Waals surface area contributed by atoms with Gasteiger partial charge in [0.2, 0.25) is 0 Å². The van der Waals surface area contributed by atoms with Crippen LogP contribution in [0.4, 0.5) is 10.1 Å². The molecule has 0 radical (unpaired) electrons. The first-order valence-corrected chi connectivity index (χ1v) is 7.40. The van der Waals surface area contributed by atoms with Crippen LogP contribution < -0.4 is 10.9 Å². The monoisotopic (exact) mass is 284 g/mol. The molecule has 1 saturated carbocycles. The molecule has 0 amide bonds. The van der Waals surface area contributed by atoms with Crippen molar-refractivity contribution in [3.05, 3.63) is 65.7 Å². The van der Waals surface area contributed by atoms with Crippen molar-refractivity contribution in [2.75, 3.05) is 5.01 Å². The van der Waals surface area contributed by atoms with E-state index in [1.54, 1.807) is 17.1 Å². The summed E-state index contributed by atoms with van der Waals surface area (Å²) in [4.78, 5) is 0. The van der Waals surface area contributed by atoms with Crippen LogP contribution in [-0.4, -0.2) is 0 Å². The van der Waals surface area contributed by atoms with Crippen LogP contribution in [0.15, 0.2) is 59.8 Å². The van der Waals surface area contributed by atoms with Gasteiger partial charge in [0, 0.05) is 0 Å². The van der Waals surface area contributed by atoms with Crippen molar-refractivity contribution in [2.45, 2.75) is 32.6 Å². The van der Waals surface area contributed by atoms with Gasteiger partial charge in [-0.3, -0.25) is 5.01 Å². The Morgan fingerprint density at radius 3 is 2.71 bits per heavy atom. The van der Waals surface area contributed by atoms with Gasteiger partial charge in [-0.25, -0.2) is 10.2 Å². The van der Waals surface area contributed by atoms with E-state index in [2.05, 4.69) is 19.6 Å². The summed E-state index contributed by atoms with van der Waals surface area (Å²) in [6, 6.07) is 6.26. The number of nitrogens with two attached hydrogens (primary N) is 1. The van der Waals surface area contributed by atoms with Crippen LogP contribution in [0, 0.1) is 11.2 Å². The summed E-state index contributed by atoms with van der Waals surface area (Å²) in [6.07, 6.45) is 8.69. The molecule has 3 rings (SSSR count). The minimum atomic E-state index is -0.254. The summed E-state index contributed by atoms with van der Waals surface area (Å²) in [5.41, 5.74) is 4.65. The number of allylic oxidation sites excluding steroid dienone is 4. The van der Waals surface area contributed by atoms with E-state index in [4.69, 9.17) is 5.84 Å². The molecule has 0 unspecified atom stereocenters. The lowest BCUT2D eigenvalue weighted by Gasteiger charge is -2.34. The Morgan fingerprint density at radius 2 is 2.05 bits per heavy atom. The molecule has 1 atom stereocenters. The molecule has 0 saturated heterocycles. The second kappa shape index (κ2) is 5.15. The number of hydrazine groups is 1. The molecular weight excluding hydrogens is 263 g/mol. The Balaban J connectivity index is 1.99. The summed E-state index contributed by atoms with van der Waals surface area (Å²) in [5, 5.41) is 1.64. The normalized spacial score (nSPS) is 24.6. The van der Waals surface area contributed by atoms with Gasteiger partial charge < -0.3 is 0 Å². The van der Waals surface area contributed by atoms with E-state index in [1.165, 1.54) is 30.5 Å². The fraction of sp³-hybridized carbons (Fsp3) is 0.333. The zero-order valence-corrected chi connectivity index (χ0v) is 12.4. The minimum absolute atomic E-state index is 0.254. The highest BCUT2D eigenvalue weighted by Gasteiger charge is 2.37. The van der Waals surface area contributed by atoms with Gasteiger partial charge in [0.15, 0.2) is 0 Å². The molecule has 2 aliphatic rings. The summed E-state index contributed by atoms with van der Waals surface area (Å²) >= 11 is 0. The first kappa shape index (κ1) is 14.1. The fourth-order valence-corrected chi connectivity index (χ4v) is 3.49. The van der Waals surface area contributed by atoms with Crippen molar-refractivity contribution in [3.63, 3.8) is 0 Å². The third kappa shape index (κ3) is 2.42. The van der Waals surface area contributed by atoms with Crippen molar-refractivity contribution >= 4 is 5.69 Å². The van der Waals surface area contributed by atoms with Gasteiger partial charge in [-0.15, -0.1) is 0 Å². The smallest absolute Gasteiger partial charge is 0.123 e. The number of fused-ring (bicyclic) bond motifs is 1. The van der Waals surface area contributed by atoms with Gasteiger partial charge in [0.1, 0.15) is 5.82 Å². The van der Waals surface area contributed by atoms with Gasteiger partial charge >= 0.3 is 0 Å². The summed E-state index contributed by atoms with van der Waals surface area (Å²) in [7, 11) is 0. The Morgan fingerprint density at radius 1 is 1.33 bits per heavy atom. The number of nitrogens with zero attached hydrogens (tertiary/aromatic N) is 1. The SMILES string of the molecule is C=CC1=C(N(N)c2ccc(F)cc2)C=C2CCC[C@@]2(C)C1. The number of rotatable bonds is 3. The highest BCUT2D eigenvalue weighted by atomic mass is 19.1. The number of hydrogen-bond donors (Lipinski definition) is 1. The molecule has 2 nitrogen and oxygen atoms in total. The van der Waals surface area contributed by atoms with Gasteiger partial charge in [-0.2, -0.15) is 0 Å². The van der Waals surface area contributed by atoms with E-state index in [0.717, 1.165) is 29.8 Å². The quantitative estimate of drug-likeness (QED) is 0.655. The largest absolute Gasteiger partial charge is 0.279 e. The Kier molecular flexibility index (Phi) is 3.46. The first-order chi connectivity index (χ1) is 10.0. The summed E-state index contributed by atoms with van der Waals surface area (Å²) in [5.74, 6) is 6.02. The van der Waals surface area contributed by atoms with E-state index in [-0.39, 0.29) is 11.2 Å². The van der Waals surface area contributed by atoms with Crippen molar-refractivity contribution in [1.29, 1.82) is 0 Å². The topological polar surface area (TPSA) is 29.3 Å². The number of halogens is 1. The molecule has 1 fully saturated rings. The second-order valence-corrected chi connectivity index (χ2v) is 6.22. The lowest BCUT2D eigenvalue weighted by Crippen LogP contribution is -2.33. The average Bonchev–Trinajstić information content (AvgIpc) is 2.86. The zero-order valence-electron chi connectivity index (χ0n) is 12.4. The average molecular weight is 284 g/mol. The zero-order chi connectivity index (χ0) is 15.0. The Labute approximate surface area is 125 Å². The van der Waals surface area contributed by atoms with Crippen molar-refractivity contribution in [3.8, 4) is 0 Å². The lowest BCUT2D eigenvalue weighted by molar-refractivity contribution is 0.402. The van der Waals surface area contributed by atoms with Crippen molar-refractivity contribution < 1.29 is 4.39 Å². The summed E-state index contributed by atoms with van der Waals surface area (Å²) in [6.45, 7) is 6.26. The van der Waals surface area contributed by atoms with Crippen LogP contribution >= 0.6 is 0 Å². The molecule has 0 spiro atoms. The van der Waals surface area contributed by atoms with Gasteiger partial charge in [0.25, 0.3) is 0 Å². The predicted octanol–water partition coefficient (Wildman–Crippen LogP) is 4.47. The molecular formula is C18H21FN2. The van der Waals surface area contributed by atoms with Gasteiger partial charge in [-0.05, 0) is 67.0 Å². The van der Waals surface area contributed by atoms with Gasteiger partial charge in [-0.1, -0.05) is 25.2 Å². The van der Waals surface area contributed by atoms with Gasteiger partial charge in [0.05, 0.1) is 11.4 Å². The van der Waals surface area contributed by atoms with E-state index in [9.17, 15) is 4.39 Å². The van der Waals surface area contributed by atoms with E-state index in [0.29, 0.717) is 0 Å². The van der Waals surface area contributed by atoms with Crippen LogP contribution in [0.1, 0.15) is 32.6 Å². The highest BCUT2D eigenvalue weighted by molar-refractivity contribution is 5.58. The van der Waals surface area contributed by atoms with E-state index < -0.39 is 0 Å². The van der Waals surface area contributed by atoms with Crippen LogP contribution in [0.2, 0.25) is 0 Å². The van der Waals surface area contributed by atoms with Crippen LogP contribution in [0.25, 0.3) is 0 Å². The predicted molar refractivity (Wildman–Crippen MR) is 84.9 cm³/mol. The van der Waals surface area contributed by atoms with Crippen LogP contribution in [0.5, 0.6) is 0 Å². The van der Waals surface area contributed by atoms with Crippen molar-refractivity contribution in [2.24, 2.45) is 11.3 Å². The molecule has 110 valence electrons. The van der Waals surface area contributed by atoms with Crippen molar-refractivity contribution in [1.82, 2.24) is 0 Å². The first-order valence-electron chi connectivity index (χ1n) is 7.40. The Bertz CT molecular complexity index is 627. The molecule has 0 aliphatic heterocycles. The maximum atomic E-state index is 13.1.